The van der Waals surface area contributed by atoms with Crippen LogP contribution in [-0.4, -0.2) is 37.1 Å². The Balaban J connectivity index is 3.99. The predicted molar refractivity (Wildman–Crippen MR) is 73.9 cm³/mol. The summed E-state index contributed by atoms with van der Waals surface area (Å²) in [6.45, 7) is 13.8. The van der Waals surface area contributed by atoms with Gasteiger partial charge in [-0.3, -0.25) is 0 Å². The minimum atomic E-state index is 0.635. The predicted octanol–water partition coefficient (Wildman–Crippen LogP) is 3.13. The second-order valence-electron chi connectivity index (χ2n) is 5.37. The molecule has 0 saturated carbocycles. The van der Waals surface area contributed by atoms with Crippen LogP contribution in [0.1, 0.15) is 53.9 Å². The first-order chi connectivity index (χ1) is 7.52. The van der Waals surface area contributed by atoms with Crippen LogP contribution in [0.5, 0.6) is 0 Å². The van der Waals surface area contributed by atoms with E-state index in [2.05, 4.69) is 51.9 Å². The van der Waals surface area contributed by atoms with Gasteiger partial charge in [0, 0.05) is 12.1 Å². The maximum Gasteiger partial charge on any atom is 0.0217 e. The van der Waals surface area contributed by atoms with E-state index in [-0.39, 0.29) is 0 Å². The van der Waals surface area contributed by atoms with Crippen molar-refractivity contribution in [3.63, 3.8) is 0 Å². The molecule has 0 aliphatic heterocycles. The van der Waals surface area contributed by atoms with Gasteiger partial charge in [-0.1, -0.05) is 27.7 Å². The molecule has 0 spiro atoms. The van der Waals surface area contributed by atoms with Gasteiger partial charge in [-0.05, 0) is 52.2 Å². The molecule has 0 radical (unpaired) electrons. The summed E-state index contributed by atoms with van der Waals surface area (Å²) in [4.78, 5) is 2.50. The molecule has 1 N–H and O–H groups in total. The lowest BCUT2D eigenvalue weighted by Gasteiger charge is -2.32. The Kier molecular flexibility index (Phi) is 8.96. The molecule has 0 fully saturated rings. The zero-order valence-electron chi connectivity index (χ0n) is 12.2. The van der Waals surface area contributed by atoms with Crippen LogP contribution in [0.3, 0.4) is 0 Å². The summed E-state index contributed by atoms with van der Waals surface area (Å²) < 4.78 is 0. The molecule has 0 saturated heterocycles. The van der Waals surface area contributed by atoms with E-state index in [4.69, 9.17) is 0 Å². The van der Waals surface area contributed by atoms with Crippen molar-refractivity contribution in [1.29, 1.82) is 0 Å². The van der Waals surface area contributed by atoms with Crippen molar-refractivity contribution in [2.75, 3.05) is 20.1 Å². The Morgan fingerprint density at radius 2 is 1.75 bits per heavy atom. The molecular weight excluding hydrogens is 196 g/mol. The zero-order chi connectivity index (χ0) is 12.6. The number of nitrogens with one attached hydrogen (secondary N) is 1. The van der Waals surface area contributed by atoms with Crippen LogP contribution in [-0.2, 0) is 0 Å². The molecule has 98 valence electrons. The summed E-state index contributed by atoms with van der Waals surface area (Å²) in [5.41, 5.74) is 0. The monoisotopic (exact) mass is 228 g/mol. The summed E-state index contributed by atoms with van der Waals surface area (Å²) >= 11 is 0. The Morgan fingerprint density at radius 3 is 2.19 bits per heavy atom. The first kappa shape index (κ1) is 15.9. The zero-order valence-corrected chi connectivity index (χ0v) is 12.2. The Bertz CT molecular complexity index is 157. The summed E-state index contributed by atoms with van der Waals surface area (Å²) in [6, 6.07) is 1.27. The maximum absolute atomic E-state index is 3.65. The molecule has 0 aromatic rings. The summed E-state index contributed by atoms with van der Waals surface area (Å²) in [5.74, 6) is 0.804. The third-order valence-electron chi connectivity index (χ3n) is 3.43. The standard InChI is InChI=1S/C14H32N2/c1-7-10-15-14(8-2)13(5)16(6)11-9-12(3)4/h12-15H,7-11H2,1-6H3. The molecule has 0 aromatic carbocycles. The molecule has 2 unspecified atom stereocenters. The van der Waals surface area contributed by atoms with Gasteiger partial charge in [-0.25, -0.2) is 0 Å². The van der Waals surface area contributed by atoms with Crippen molar-refractivity contribution in [2.24, 2.45) is 5.92 Å². The van der Waals surface area contributed by atoms with E-state index in [1.807, 2.05) is 0 Å². The fourth-order valence-electron chi connectivity index (χ4n) is 1.96. The molecule has 0 aromatic heterocycles. The molecule has 0 aliphatic carbocycles. The van der Waals surface area contributed by atoms with Crippen LogP contribution >= 0.6 is 0 Å². The van der Waals surface area contributed by atoms with E-state index in [1.165, 1.54) is 25.8 Å². The van der Waals surface area contributed by atoms with Gasteiger partial charge in [0.25, 0.3) is 0 Å². The highest BCUT2D eigenvalue weighted by Crippen LogP contribution is 2.09. The van der Waals surface area contributed by atoms with Gasteiger partial charge in [-0.2, -0.15) is 0 Å². The van der Waals surface area contributed by atoms with E-state index in [1.54, 1.807) is 0 Å². The van der Waals surface area contributed by atoms with Crippen molar-refractivity contribution in [3.8, 4) is 0 Å². The van der Waals surface area contributed by atoms with Crippen molar-refractivity contribution >= 4 is 0 Å². The summed E-state index contributed by atoms with van der Waals surface area (Å²) in [5, 5.41) is 3.65. The third kappa shape index (κ3) is 6.49. The molecule has 0 amide bonds. The van der Waals surface area contributed by atoms with Crippen LogP contribution in [0, 0.1) is 5.92 Å². The van der Waals surface area contributed by atoms with Gasteiger partial charge >= 0.3 is 0 Å². The molecule has 2 heteroatoms. The average Bonchev–Trinajstić information content (AvgIpc) is 2.26. The SMILES string of the molecule is CCCNC(CC)C(C)N(C)CCC(C)C. The lowest BCUT2D eigenvalue weighted by atomic mass is 10.0. The molecule has 0 aliphatic rings. The molecule has 0 bridgehead atoms. The van der Waals surface area contributed by atoms with Gasteiger partial charge in [0.1, 0.15) is 0 Å². The van der Waals surface area contributed by atoms with Gasteiger partial charge in [0.15, 0.2) is 0 Å². The molecule has 16 heavy (non-hydrogen) atoms. The Hall–Kier alpha value is -0.0800. The van der Waals surface area contributed by atoms with Crippen LogP contribution in [0.4, 0.5) is 0 Å². The Morgan fingerprint density at radius 1 is 1.12 bits per heavy atom. The fourth-order valence-corrected chi connectivity index (χ4v) is 1.96. The third-order valence-corrected chi connectivity index (χ3v) is 3.43. The first-order valence-electron chi connectivity index (χ1n) is 6.96. The second-order valence-corrected chi connectivity index (χ2v) is 5.37. The minimum Gasteiger partial charge on any atom is -0.312 e. The van der Waals surface area contributed by atoms with Crippen molar-refractivity contribution < 1.29 is 0 Å². The average molecular weight is 228 g/mol. The van der Waals surface area contributed by atoms with Gasteiger partial charge in [0.05, 0.1) is 0 Å². The lowest BCUT2D eigenvalue weighted by Crippen LogP contribution is -2.47. The van der Waals surface area contributed by atoms with Gasteiger partial charge < -0.3 is 10.2 Å². The van der Waals surface area contributed by atoms with Crippen LogP contribution in [0.2, 0.25) is 0 Å². The second kappa shape index (κ2) is 9.00. The van der Waals surface area contributed by atoms with Crippen molar-refractivity contribution in [2.45, 2.75) is 66.0 Å². The number of hydrogen-bond donors (Lipinski definition) is 1. The summed E-state index contributed by atoms with van der Waals surface area (Å²) in [6.07, 6.45) is 3.73. The molecule has 0 heterocycles. The highest BCUT2D eigenvalue weighted by Gasteiger charge is 2.18. The van der Waals surface area contributed by atoms with Crippen molar-refractivity contribution in [1.82, 2.24) is 10.2 Å². The van der Waals surface area contributed by atoms with Gasteiger partial charge in [-0.15, -0.1) is 0 Å². The van der Waals surface area contributed by atoms with E-state index in [9.17, 15) is 0 Å². The summed E-state index contributed by atoms with van der Waals surface area (Å²) in [7, 11) is 2.25. The molecular formula is C14H32N2. The number of nitrogens with zero attached hydrogens (tertiary/aromatic N) is 1. The number of rotatable bonds is 9. The van der Waals surface area contributed by atoms with E-state index in [0.29, 0.717) is 12.1 Å². The number of likely N-dealkylation sites (N-methyl/N-ethyl adjacent to an activating group) is 1. The molecule has 2 nitrogen and oxygen atoms in total. The Labute approximate surface area is 103 Å². The normalized spacial score (nSPS) is 15.8. The highest BCUT2D eigenvalue weighted by atomic mass is 15.2. The molecule has 2 atom stereocenters. The topological polar surface area (TPSA) is 15.3 Å². The quantitative estimate of drug-likeness (QED) is 0.652. The van der Waals surface area contributed by atoms with Crippen LogP contribution < -0.4 is 5.32 Å². The minimum absolute atomic E-state index is 0.635. The van der Waals surface area contributed by atoms with Crippen LogP contribution in [0.25, 0.3) is 0 Å². The van der Waals surface area contributed by atoms with E-state index in [0.717, 1.165) is 12.5 Å². The van der Waals surface area contributed by atoms with Gasteiger partial charge in [0.2, 0.25) is 0 Å². The largest absolute Gasteiger partial charge is 0.312 e. The highest BCUT2D eigenvalue weighted by molar-refractivity contribution is 4.78. The fraction of sp³-hybridized carbons (Fsp3) is 1.00. The lowest BCUT2D eigenvalue weighted by molar-refractivity contribution is 0.194. The smallest absolute Gasteiger partial charge is 0.0217 e. The van der Waals surface area contributed by atoms with Crippen molar-refractivity contribution in [3.05, 3.63) is 0 Å². The maximum atomic E-state index is 3.65. The van der Waals surface area contributed by atoms with E-state index < -0.39 is 0 Å². The number of hydrogen-bond acceptors (Lipinski definition) is 2. The van der Waals surface area contributed by atoms with Crippen LogP contribution in [0.15, 0.2) is 0 Å². The molecule has 0 rings (SSSR count). The first-order valence-corrected chi connectivity index (χ1v) is 6.96. The van der Waals surface area contributed by atoms with E-state index >= 15 is 0 Å².